The van der Waals surface area contributed by atoms with Gasteiger partial charge in [0.15, 0.2) is 5.11 Å². The zero-order chi connectivity index (χ0) is 24.5. The Morgan fingerprint density at radius 1 is 0.971 bits per heavy atom. The molecule has 1 aliphatic heterocycles. The third-order valence-electron chi connectivity index (χ3n) is 5.43. The van der Waals surface area contributed by atoms with Gasteiger partial charge in [-0.15, -0.1) is 0 Å². The Hall–Kier alpha value is -3.72. The molecule has 1 heterocycles. The van der Waals surface area contributed by atoms with Crippen LogP contribution < -0.4 is 15.5 Å². The lowest BCUT2D eigenvalue weighted by Gasteiger charge is -2.38. The maximum Gasteiger partial charge on any atom is 0.418 e. The van der Waals surface area contributed by atoms with Gasteiger partial charge in [-0.3, -0.25) is 9.69 Å². The minimum absolute atomic E-state index is 0.154. The highest BCUT2D eigenvalue weighted by atomic mass is 32.1. The number of alkyl halides is 3. The average Bonchev–Trinajstić information content (AvgIpc) is 2.79. The van der Waals surface area contributed by atoms with Gasteiger partial charge in [0, 0.05) is 11.4 Å². The highest BCUT2D eigenvalue weighted by Crippen LogP contribution is 2.37. The van der Waals surface area contributed by atoms with Crippen molar-refractivity contribution in [1.82, 2.24) is 5.32 Å². The molecule has 34 heavy (non-hydrogen) atoms. The van der Waals surface area contributed by atoms with Crippen LogP contribution in [-0.4, -0.2) is 11.0 Å². The quantitative estimate of drug-likeness (QED) is 0.342. The van der Waals surface area contributed by atoms with E-state index in [9.17, 15) is 22.4 Å². The molecule has 9 heteroatoms. The molecule has 0 fully saturated rings. The van der Waals surface area contributed by atoms with Crippen LogP contribution in [0.1, 0.15) is 24.1 Å². The normalized spacial score (nSPS) is 16.3. The molecular weight excluding hydrogens is 466 g/mol. The molecule has 1 atom stereocenters. The first-order valence-corrected chi connectivity index (χ1v) is 10.7. The van der Waals surface area contributed by atoms with Crippen LogP contribution in [0.15, 0.2) is 90.1 Å². The number of anilines is 2. The van der Waals surface area contributed by atoms with E-state index in [2.05, 4.69) is 10.6 Å². The standard InChI is InChI=1S/C25H19F4N3OS/c1-15-21(23(33)30-20-10-6-5-9-19(20)25(27,28)29)22(16-11-13-17(26)14-12-16)31-24(34)32(15)18-7-3-2-4-8-18/h2-14,22H,1H3,(H,30,33)(H,31,34). The molecule has 0 aromatic heterocycles. The summed E-state index contributed by atoms with van der Waals surface area (Å²) >= 11 is 5.55. The third-order valence-corrected chi connectivity index (χ3v) is 5.73. The lowest BCUT2D eigenvalue weighted by Crippen LogP contribution is -2.48. The van der Waals surface area contributed by atoms with Crippen LogP contribution in [0.25, 0.3) is 0 Å². The number of benzene rings is 3. The van der Waals surface area contributed by atoms with Crippen molar-refractivity contribution < 1.29 is 22.4 Å². The lowest BCUT2D eigenvalue weighted by atomic mass is 9.93. The second kappa shape index (κ2) is 9.26. The first kappa shape index (κ1) is 23.4. The number of allylic oxidation sites excluding steroid dienone is 1. The summed E-state index contributed by atoms with van der Waals surface area (Å²) in [5, 5.41) is 5.80. The molecule has 0 bridgehead atoms. The zero-order valence-corrected chi connectivity index (χ0v) is 18.7. The van der Waals surface area contributed by atoms with Crippen molar-refractivity contribution in [2.24, 2.45) is 0 Å². The van der Waals surface area contributed by atoms with Gasteiger partial charge in [0.25, 0.3) is 5.91 Å². The fourth-order valence-electron chi connectivity index (χ4n) is 3.86. The fourth-order valence-corrected chi connectivity index (χ4v) is 4.22. The number of rotatable bonds is 4. The van der Waals surface area contributed by atoms with E-state index in [0.717, 1.165) is 6.07 Å². The monoisotopic (exact) mass is 485 g/mol. The molecule has 4 nitrogen and oxygen atoms in total. The minimum atomic E-state index is -4.65. The molecule has 1 amide bonds. The predicted octanol–water partition coefficient (Wildman–Crippen LogP) is 6.19. The summed E-state index contributed by atoms with van der Waals surface area (Å²) in [5.41, 5.74) is 0.477. The average molecular weight is 486 g/mol. The van der Waals surface area contributed by atoms with Crippen molar-refractivity contribution in [2.75, 3.05) is 10.2 Å². The van der Waals surface area contributed by atoms with Crippen molar-refractivity contribution in [1.29, 1.82) is 0 Å². The molecule has 174 valence electrons. The van der Waals surface area contributed by atoms with Gasteiger partial charge in [-0.25, -0.2) is 4.39 Å². The van der Waals surface area contributed by atoms with E-state index in [1.807, 2.05) is 6.07 Å². The summed E-state index contributed by atoms with van der Waals surface area (Å²) in [6.07, 6.45) is -4.65. The molecule has 2 N–H and O–H groups in total. The molecule has 0 radical (unpaired) electrons. The van der Waals surface area contributed by atoms with E-state index < -0.39 is 29.5 Å². The first-order chi connectivity index (χ1) is 16.2. The number of carbonyl (C=O) groups excluding carboxylic acids is 1. The molecule has 0 aliphatic carbocycles. The molecule has 4 rings (SSSR count). The Morgan fingerprint density at radius 3 is 2.24 bits per heavy atom. The largest absolute Gasteiger partial charge is 0.418 e. The van der Waals surface area contributed by atoms with E-state index in [1.165, 1.54) is 42.5 Å². The second-order valence-corrected chi connectivity index (χ2v) is 7.99. The van der Waals surface area contributed by atoms with Gasteiger partial charge in [0.2, 0.25) is 0 Å². The second-order valence-electron chi connectivity index (χ2n) is 7.60. The molecule has 0 saturated carbocycles. The summed E-state index contributed by atoms with van der Waals surface area (Å²) in [7, 11) is 0. The van der Waals surface area contributed by atoms with E-state index >= 15 is 0 Å². The van der Waals surface area contributed by atoms with E-state index in [0.29, 0.717) is 22.1 Å². The first-order valence-electron chi connectivity index (χ1n) is 10.3. The number of hydrogen-bond acceptors (Lipinski definition) is 2. The van der Waals surface area contributed by atoms with Gasteiger partial charge < -0.3 is 10.6 Å². The smallest absolute Gasteiger partial charge is 0.351 e. The fraction of sp³-hybridized carbons (Fsp3) is 0.120. The molecule has 0 spiro atoms. The Labute approximate surface area is 198 Å². The van der Waals surface area contributed by atoms with Crippen molar-refractivity contribution in [3.8, 4) is 0 Å². The summed E-state index contributed by atoms with van der Waals surface area (Å²) in [5.74, 6) is -1.20. The van der Waals surface area contributed by atoms with Crippen molar-refractivity contribution in [3.05, 3.63) is 107 Å². The van der Waals surface area contributed by atoms with Gasteiger partial charge >= 0.3 is 6.18 Å². The SMILES string of the molecule is CC1=C(C(=O)Nc2ccccc2C(F)(F)F)C(c2ccc(F)cc2)NC(=S)N1c1ccccc1. The van der Waals surface area contributed by atoms with Crippen molar-refractivity contribution >= 4 is 34.6 Å². The Balaban J connectivity index is 1.82. The summed E-state index contributed by atoms with van der Waals surface area (Å²) in [4.78, 5) is 15.1. The summed E-state index contributed by atoms with van der Waals surface area (Å²) in [6, 6.07) is 18.5. The molecular formula is C25H19F4N3OS. The predicted molar refractivity (Wildman–Crippen MR) is 127 cm³/mol. The number of para-hydroxylation sites is 2. The van der Waals surface area contributed by atoms with Gasteiger partial charge in [0.05, 0.1) is 22.9 Å². The van der Waals surface area contributed by atoms with Gasteiger partial charge in [-0.1, -0.05) is 42.5 Å². The van der Waals surface area contributed by atoms with Gasteiger partial charge in [-0.05, 0) is 61.1 Å². The number of nitrogens with one attached hydrogen (secondary N) is 2. The van der Waals surface area contributed by atoms with Crippen LogP contribution in [0.4, 0.5) is 28.9 Å². The van der Waals surface area contributed by atoms with Crippen LogP contribution in [-0.2, 0) is 11.0 Å². The number of thiocarbonyl (C=S) groups is 1. The third kappa shape index (κ3) is 4.65. The Kier molecular flexibility index (Phi) is 6.39. The van der Waals surface area contributed by atoms with E-state index in [4.69, 9.17) is 12.2 Å². The van der Waals surface area contributed by atoms with Crippen molar-refractivity contribution in [2.45, 2.75) is 19.1 Å². The van der Waals surface area contributed by atoms with Crippen LogP contribution in [0, 0.1) is 5.82 Å². The molecule has 0 saturated heterocycles. The number of hydrogen-bond donors (Lipinski definition) is 2. The Morgan fingerprint density at radius 2 is 1.59 bits per heavy atom. The highest BCUT2D eigenvalue weighted by molar-refractivity contribution is 7.80. The van der Waals surface area contributed by atoms with Crippen LogP contribution in [0.2, 0.25) is 0 Å². The topological polar surface area (TPSA) is 44.4 Å². The maximum absolute atomic E-state index is 13.5. The van der Waals surface area contributed by atoms with Gasteiger partial charge in [-0.2, -0.15) is 13.2 Å². The van der Waals surface area contributed by atoms with Crippen LogP contribution in [0.3, 0.4) is 0 Å². The highest BCUT2D eigenvalue weighted by Gasteiger charge is 2.37. The number of amides is 1. The van der Waals surface area contributed by atoms with E-state index in [-0.39, 0.29) is 11.3 Å². The minimum Gasteiger partial charge on any atom is -0.351 e. The van der Waals surface area contributed by atoms with Gasteiger partial charge in [0.1, 0.15) is 5.82 Å². The number of nitrogens with zero attached hydrogens (tertiary/aromatic N) is 1. The number of carbonyl (C=O) groups is 1. The Bertz CT molecular complexity index is 1260. The van der Waals surface area contributed by atoms with Crippen LogP contribution in [0.5, 0.6) is 0 Å². The summed E-state index contributed by atoms with van der Waals surface area (Å²) in [6.45, 7) is 1.67. The maximum atomic E-state index is 13.5. The lowest BCUT2D eigenvalue weighted by molar-refractivity contribution is -0.137. The number of halogens is 4. The molecule has 3 aromatic rings. The molecule has 1 aliphatic rings. The zero-order valence-electron chi connectivity index (χ0n) is 17.9. The molecule has 1 unspecified atom stereocenters. The van der Waals surface area contributed by atoms with Crippen LogP contribution >= 0.6 is 12.2 Å². The summed E-state index contributed by atoms with van der Waals surface area (Å²) < 4.78 is 54.0. The van der Waals surface area contributed by atoms with Crippen molar-refractivity contribution in [3.63, 3.8) is 0 Å². The van der Waals surface area contributed by atoms with E-state index in [1.54, 1.807) is 36.1 Å². The molecule has 3 aromatic carbocycles.